The van der Waals surface area contributed by atoms with Crippen molar-refractivity contribution in [1.29, 1.82) is 0 Å². The Balaban J connectivity index is 1.16. The smallest absolute Gasteiger partial charge is 0.159 e. The predicted octanol–water partition coefficient (Wildman–Crippen LogP) is 6.70. The van der Waals surface area contributed by atoms with E-state index >= 15 is 0 Å². The van der Waals surface area contributed by atoms with Crippen LogP contribution in [0.2, 0.25) is 0 Å². The van der Waals surface area contributed by atoms with Crippen LogP contribution in [0.5, 0.6) is 11.5 Å². The minimum atomic E-state index is 0.535. The zero-order valence-electron chi connectivity index (χ0n) is 19.7. The summed E-state index contributed by atoms with van der Waals surface area (Å²) in [6.07, 6.45) is 3.49. The molecule has 4 heteroatoms. The van der Waals surface area contributed by atoms with Crippen molar-refractivity contribution < 1.29 is 9.47 Å². The van der Waals surface area contributed by atoms with E-state index in [0.717, 1.165) is 39.3 Å². The molecular formula is C32H24N2O2. The molecule has 0 fully saturated rings. The van der Waals surface area contributed by atoms with E-state index < -0.39 is 0 Å². The molecule has 36 heavy (non-hydrogen) atoms. The van der Waals surface area contributed by atoms with Crippen LogP contribution in [0.4, 0.5) is 0 Å². The van der Waals surface area contributed by atoms with Crippen molar-refractivity contribution in [1.82, 2.24) is 9.97 Å². The fourth-order valence-corrected chi connectivity index (χ4v) is 3.50. The van der Waals surface area contributed by atoms with Gasteiger partial charge in [-0.1, -0.05) is 72.5 Å². The first-order chi connectivity index (χ1) is 17.8. The lowest BCUT2D eigenvalue weighted by Crippen LogP contribution is -1.95. The van der Waals surface area contributed by atoms with Gasteiger partial charge in [-0.05, 0) is 59.7 Å². The maximum Gasteiger partial charge on any atom is 0.159 e. The van der Waals surface area contributed by atoms with E-state index in [9.17, 15) is 0 Å². The molecule has 0 aliphatic heterocycles. The van der Waals surface area contributed by atoms with Crippen LogP contribution in [0.15, 0.2) is 122 Å². The highest BCUT2D eigenvalue weighted by molar-refractivity contribution is 5.56. The predicted molar refractivity (Wildman–Crippen MR) is 141 cm³/mol. The summed E-state index contributed by atoms with van der Waals surface area (Å²) in [7, 11) is 0. The Labute approximate surface area is 211 Å². The van der Waals surface area contributed by atoms with Gasteiger partial charge in [0.2, 0.25) is 0 Å². The Bertz CT molecular complexity index is 1440. The van der Waals surface area contributed by atoms with Crippen molar-refractivity contribution in [2.75, 3.05) is 0 Å². The number of rotatable bonds is 7. The molecule has 0 atom stereocenters. The van der Waals surface area contributed by atoms with Gasteiger partial charge in [0.1, 0.15) is 24.7 Å². The first-order valence-corrected chi connectivity index (χ1v) is 11.7. The second-order valence-electron chi connectivity index (χ2n) is 8.14. The van der Waals surface area contributed by atoms with Gasteiger partial charge in [0.05, 0.1) is 5.56 Å². The third-order valence-corrected chi connectivity index (χ3v) is 5.47. The SMILES string of the molecule is C(#Cc1cnc(-c2ccc(OCc3ccccc3)cc2)nc1)c1ccc(OCc2ccccc2)cc1. The number of benzene rings is 4. The summed E-state index contributed by atoms with van der Waals surface area (Å²) in [6, 6.07) is 35.7. The summed E-state index contributed by atoms with van der Waals surface area (Å²) in [5, 5.41) is 0. The minimum Gasteiger partial charge on any atom is -0.489 e. The summed E-state index contributed by atoms with van der Waals surface area (Å²) in [5.74, 6) is 8.55. The van der Waals surface area contributed by atoms with Crippen molar-refractivity contribution in [2.24, 2.45) is 0 Å². The maximum absolute atomic E-state index is 5.85. The fourth-order valence-electron chi connectivity index (χ4n) is 3.50. The lowest BCUT2D eigenvalue weighted by atomic mass is 10.2. The average Bonchev–Trinajstić information content (AvgIpc) is 2.96. The van der Waals surface area contributed by atoms with Gasteiger partial charge in [0.15, 0.2) is 5.82 Å². The summed E-state index contributed by atoms with van der Waals surface area (Å²) in [6.45, 7) is 1.08. The first-order valence-electron chi connectivity index (χ1n) is 11.7. The molecule has 0 radical (unpaired) electrons. The van der Waals surface area contributed by atoms with Crippen molar-refractivity contribution in [3.63, 3.8) is 0 Å². The molecule has 4 nitrogen and oxygen atoms in total. The standard InChI is InChI=1S/C32H24N2O2/c1-3-7-26(8-4-1)23-35-30-17-13-25(14-18-30)11-12-28-21-33-32(34-22-28)29-15-19-31(20-16-29)36-24-27-9-5-2-6-10-27/h1-10,13-22H,23-24H2. The molecular weight excluding hydrogens is 444 g/mol. The number of hydrogen-bond acceptors (Lipinski definition) is 4. The molecule has 0 aliphatic rings. The zero-order chi connectivity index (χ0) is 24.4. The molecule has 0 saturated carbocycles. The average molecular weight is 469 g/mol. The molecule has 0 aliphatic carbocycles. The van der Waals surface area contributed by atoms with Crippen molar-refractivity contribution >= 4 is 0 Å². The number of ether oxygens (including phenoxy) is 2. The maximum atomic E-state index is 5.85. The second-order valence-corrected chi connectivity index (χ2v) is 8.14. The Hall–Kier alpha value is -4.88. The lowest BCUT2D eigenvalue weighted by Gasteiger charge is -2.07. The van der Waals surface area contributed by atoms with E-state index in [1.165, 1.54) is 0 Å². The van der Waals surface area contributed by atoms with Crippen LogP contribution in [0.3, 0.4) is 0 Å². The highest BCUT2D eigenvalue weighted by Gasteiger charge is 2.03. The molecule has 0 unspecified atom stereocenters. The number of aromatic nitrogens is 2. The Morgan fingerprint density at radius 2 is 0.972 bits per heavy atom. The lowest BCUT2D eigenvalue weighted by molar-refractivity contribution is 0.306. The van der Waals surface area contributed by atoms with E-state index in [0.29, 0.717) is 19.0 Å². The Kier molecular flexibility index (Phi) is 7.31. The quantitative estimate of drug-likeness (QED) is 0.249. The topological polar surface area (TPSA) is 44.2 Å². The third-order valence-electron chi connectivity index (χ3n) is 5.47. The fraction of sp³-hybridized carbons (Fsp3) is 0.0625. The highest BCUT2D eigenvalue weighted by atomic mass is 16.5. The van der Waals surface area contributed by atoms with Crippen LogP contribution >= 0.6 is 0 Å². The number of hydrogen-bond donors (Lipinski definition) is 0. The van der Waals surface area contributed by atoms with Gasteiger partial charge in [-0.25, -0.2) is 9.97 Å². The zero-order valence-corrected chi connectivity index (χ0v) is 19.7. The molecule has 5 rings (SSSR count). The molecule has 0 spiro atoms. The highest BCUT2D eigenvalue weighted by Crippen LogP contribution is 2.20. The van der Waals surface area contributed by atoms with Gasteiger partial charge in [-0.3, -0.25) is 0 Å². The van der Waals surface area contributed by atoms with Crippen LogP contribution in [0, 0.1) is 11.8 Å². The van der Waals surface area contributed by atoms with E-state index in [1.54, 1.807) is 12.4 Å². The molecule has 0 amide bonds. The Morgan fingerprint density at radius 1 is 0.500 bits per heavy atom. The minimum absolute atomic E-state index is 0.535. The van der Waals surface area contributed by atoms with E-state index in [-0.39, 0.29) is 0 Å². The van der Waals surface area contributed by atoms with Gasteiger partial charge in [0.25, 0.3) is 0 Å². The summed E-state index contributed by atoms with van der Waals surface area (Å²) in [5.41, 5.74) is 4.85. The van der Waals surface area contributed by atoms with Gasteiger partial charge in [-0.15, -0.1) is 0 Å². The van der Waals surface area contributed by atoms with E-state index in [2.05, 4.69) is 21.8 Å². The molecule has 0 bridgehead atoms. The van der Waals surface area contributed by atoms with Crippen LogP contribution in [0.25, 0.3) is 11.4 Å². The van der Waals surface area contributed by atoms with E-state index in [4.69, 9.17) is 9.47 Å². The normalized spacial score (nSPS) is 10.2. The van der Waals surface area contributed by atoms with Crippen molar-refractivity contribution in [3.8, 4) is 34.7 Å². The van der Waals surface area contributed by atoms with Gasteiger partial charge >= 0.3 is 0 Å². The van der Waals surface area contributed by atoms with Gasteiger partial charge in [-0.2, -0.15) is 0 Å². The molecule has 174 valence electrons. The van der Waals surface area contributed by atoms with E-state index in [1.807, 2.05) is 109 Å². The van der Waals surface area contributed by atoms with Crippen LogP contribution in [-0.2, 0) is 13.2 Å². The third kappa shape index (κ3) is 6.37. The van der Waals surface area contributed by atoms with Crippen molar-refractivity contribution in [2.45, 2.75) is 13.2 Å². The monoisotopic (exact) mass is 468 g/mol. The molecule has 1 heterocycles. The molecule has 0 N–H and O–H groups in total. The first kappa shape index (κ1) is 22.9. The van der Waals surface area contributed by atoms with Gasteiger partial charge in [0, 0.05) is 23.5 Å². The largest absolute Gasteiger partial charge is 0.489 e. The van der Waals surface area contributed by atoms with Crippen LogP contribution in [-0.4, -0.2) is 9.97 Å². The van der Waals surface area contributed by atoms with Crippen molar-refractivity contribution in [3.05, 3.63) is 144 Å². The second kappa shape index (κ2) is 11.5. The summed E-state index contributed by atoms with van der Waals surface area (Å²) in [4.78, 5) is 8.95. The molecule has 0 saturated heterocycles. The van der Waals surface area contributed by atoms with Crippen LogP contribution in [0.1, 0.15) is 22.3 Å². The molecule has 4 aromatic carbocycles. The Morgan fingerprint density at radius 3 is 1.50 bits per heavy atom. The number of nitrogens with zero attached hydrogens (tertiary/aromatic N) is 2. The summed E-state index contributed by atoms with van der Waals surface area (Å²) >= 11 is 0. The molecule has 1 aromatic heterocycles. The molecule has 5 aromatic rings. The van der Waals surface area contributed by atoms with Gasteiger partial charge < -0.3 is 9.47 Å². The summed E-state index contributed by atoms with van der Waals surface area (Å²) < 4.78 is 11.7. The van der Waals surface area contributed by atoms with Crippen LogP contribution < -0.4 is 9.47 Å².